The van der Waals surface area contributed by atoms with Crippen LogP contribution in [0.2, 0.25) is 0 Å². The van der Waals surface area contributed by atoms with Gasteiger partial charge in [0.1, 0.15) is 11.6 Å². The molecule has 3 nitrogen and oxygen atoms in total. The van der Waals surface area contributed by atoms with Crippen LogP contribution in [0.3, 0.4) is 0 Å². The number of piperidine rings is 1. The van der Waals surface area contributed by atoms with Crippen LogP contribution >= 0.6 is 12.2 Å². The summed E-state index contributed by atoms with van der Waals surface area (Å²) in [7, 11) is 0. The van der Waals surface area contributed by atoms with Gasteiger partial charge in [0, 0.05) is 31.5 Å². The van der Waals surface area contributed by atoms with E-state index in [0.29, 0.717) is 17.3 Å². The molecule has 0 saturated carbocycles. The average Bonchev–Trinajstić information content (AvgIpc) is 2.37. The Morgan fingerprint density at radius 3 is 2.68 bits per heavy atom. The van der Waals surface area contributed by atoms with Crippen LogP contribution in [0, 0.1) is 17.6 Å². The van der Waals surface area contributed by atoms with Gasteiger partial charge in [-0.2, -0.15) is 0 Å². The molecule has 1 saturated heterocycles. The first kappa shape index (κ1) is 14.1. The monoisotopic (exact) mass is 286 g/mol. The van der Waals surface area contributed by atoms with Crippen molar-refractivity contribution in [2.75, 3.05) is 25.0 Å². The number of nitrogens with zero attached hydrogens (tertiary/aromatic N) is 1. The van der Waals surface area contributed by atoms with E-state index in [1.165, 1.54) is 12.1 Å². The van der Waals surface area contributed by atoms with Crippen molar-refractivity contribution < 1.29 is 13.9 Å². The molecular weight excluding hydrogens is 270 g/mol. The Balaban J connectivity index is 2.00. The third-order valence-electron chi connectivity index (χ3n) is 3.18. The van der Waals surface area contributed by atoms with Gasteiger partial charge in [-0.1, -0.05) is 0 Å². The van der Waals surface area contributed by atoms with Gasteiger partial charge in [0.2, 0.25) is 0 Å². The second-order valence-electron chi connectivity index (χ2n) is 4.73. The summed E-state index contributed by atoms with van der Waals surface area (Å²) in [5.41, 5.74) is 0.300. The highest BCUT2D eigenvalue weighted by atomic mass is 32.1. The Morgan fingerprint density at radius 1 is 1.37 bits per heavy atom. The van der Waals surface area contributed by atoms with Gasteiger partial charge >= 0.3 is 0 Å². The summed E-state index contributed by atoms with van der Waals surface area (Å²) in [5, 5.41) is 12.4. The van der Waals surface area contributed by atoms with Gasteiger partial charge in [0.15, 0.2) is 5.11 Å². The zero-order chi connectivity index (χ0) is 13.8. The SMILES string of the molecule is OC[C@@H]1CCCN(C(=S)Nc2cc(F)cc(F)c2)C1. The Morgan fingerprint density at radius 2 is 2.05 bits per heavy atom. The Labute approximate surface area is 116 Å². The van der Waals surface area contributed by atoms with Gasteiger partial charge in [-0.25, -0.2) is 8.78 Å². The normalized spacial score (nSPS) is 19.3. The summed E-state index contributed by atoms with van der Waals surface area (Å²) >= 11 is 5.23. The van der Waals surface area contributed by atoms with Gasteiger partial charge in [-0.15, -0.1) is 0 Å². The minimum Gasteiger partial charge on any atom is -0.396 e. The molecule has 1 aromatic carbocycles. The molecule has 0 bridgehead atoms. The molecule has 0 unspecified atom stereocenters. The fraction of sp³-hybridized carbons (Fsp3) is 0.462. The molecule has 0 aromatic heterocycles. The van der Waals surface area contributed by atoms with Gasteiger partial charge in [0.05, 0.1) is 0 Å². The average molecular weight is 286 g/mol. The minimum absolute atomic E-state index is 0.133. The number of aliphatic hydroxyl groups excluding tert-OH is 1. The summed E-state index contributed by atoms with van der Waals surface area (Å²) in [6.07, 6.45) is 1.93. The summed E-state index contributed by atoms with van der Waals surface area (Å²) in [4.78, 5) is 1.92. The van der Waals surface area contributed by atoms with Crippen molar-refractivity contribution in [3.8, 4) is 0 Å². The van der Waals surface area contributed by atoms with Crippen molar-refractivity contribution in [2.45, 2.75) is 12.8 Å². The smallest absolute Gasteiger partial charge is 0.173 e. The van der Waals surface area contributed by atoms with E-state index in [1.807, 2.05) is 4.90 Å². The Hall–Kier alpha value is -1.27. The van der Waals surface area contributed by atoms with Crippen molar-refractivity contribution >= 4 is 23.0 Å². The van der Waals surface area contributed by atoms with E-state index in [1.54, 1.807) is 0 Å². The van der Waals surface area contributed by atoms with E-state index < -0.39 is 11.6 Å². The van der Waals surface area contributed by atoms with Crippen LogP contribution in [0.1, 0.15) is 12.8 Å². The summed E-state index contributed by atoms with van der Waals surface area (Å²) in [6.45, 7) is 1.59. The minimum atomic E-state index is -0.642. The number of nitrogens with one attached hydrogen (secondary N) is 1. The lowest BCUT2D eigenvalue weighted by atomic mass is 9.99. The van der Waals surface area contributed by atoms with E-state index in [4.69, 9.17) is 17.3 Å². The van der Waals surface area contributed by atoms with Gasteiger partial charge in [-0.05, 0) is 43.1 Å². The molecule has 1 aromatic rings. The van der Waals surface area contributed by atoms with E-state index >= 15 is 0 Å². The molecule has 1 aliphatic rings. The second kappa shape index (κ2) is 6.25. The van der Waals surface area contributed by atoms with Crippen LogP contribution in [-0.2, 0) is 0 Å². The number of hydrogen-bond donors (Lipinski definition) is 2. The Bertz CT molecular complexity index is 450. The maximum atomic E-state index is 13.1. The molecule has 2 rings (SSSR count). The highest BCUT2D eigenvalue weighted by Crippen LogP contribution is 2.18. The third-order valence-corrected chi connectivity index (χ3v) is 3.54. The second-order valence-corrected chi connectivity index (χ2v) is 5.11. The quantitative estimate of drug-likeness (QED) is 0.818. The summed E-state index contributed by atoms with van der Waals surface area (Å²) < 4.78 is 26.1. The lowest BCUT2D eigenvalue weighted by Crippen LogP contribution is -2.43. The molecule has 19 heavy (non-hydrogen) atoms. The zero-order valence-electron chi connectivity index (χ0n) is 10.4. The van der Waals surface area contributed by atoms with Crippen LogP contribution in [0.5, 0.6) is 0 Å². The van der Waals surface area contributed by atoms with Crippen LogP contribution < -0.4 is 5.32 Å². The number of likely N-dealkylation sites (tertiary alicyclic amines) is 1. The molecule has 1 aliphatic heterocycles. The number of thiocarbonyl (C=S) groups is 1. The molecule has 0 aliphatic carbocycles. The first-order valence-electron chi connectivity index (χ1n) is 6.21. The molecule has 0 radical (unpaired) electrons. The maximum Gasteiger partial charge on any atom is 0.173 e. The van der Waals surface area contributed by atoms with Gasteiger partial charge in [0.25, 0.3) is 0 Å². The van der Waals surface area contributed by atoms with Gasteiger partial charge < -0.3 is 15.3 Å². The Kier molecular flexibility index (Phi) is 4.66. The molecule has 1 heterocycles. The lowest BCUT2D eigenvalue weighted by molar-refractivity contribution is 0.162. The van der Waals surface area contributed by atoms with E-state index in [0.717, 1.165) is 25.5 Å². The van der Waals surface area contributed by atoms with Crippen molar-refractivity contribution in [2.24, 2.45) is 5.92 Å². The van der Waals surface area contributed by atoms with E-state index in [2.05, 4.69) is 5.32 Å². The number of benzene rings is 1. The van der Waals surface area contributed by atoms with Crippen LogP contribution in [0.15, 0.2) is 18.2 Å². The number of rotatable bonds is 2. The summed E-state index contributed by atoms with van der Waals surface area (Å²) in [6, 6.07) is 3.21. The van der Waals surface area contributed by atoms with E-state index in [9.17, 15) is 8.78 Å². The van der Waals surface area contributed by atoms with Crippen molar-refractivity contribution in [3.05, 3.63) is 29.8 Å². The zero-order valence-corrected chi connectivity index (χ0v) is 11.2. The fourth-order valence-electron chi connectivity index (χ4n) is 2.23. The molecule has 1 atom stereocenters. The topological polar surface area (TPSA) is 35.5 Å². The number of hydrogen-bond acceptors (Lipinski definition) is 2. The lowest BCUT2D eigenvalue weighted by Gasteiger charge is -2.33. The van der Waals surface area contributed by atoms with E-state index in [-0.39, 0.29) is 12.5 Å². The molecular formula is C13H16F2N2OS. The molecule has 2 N–H and O–H groups in total. The van der Waals surface area contributed by atoms with Crippen molar-refractivity contribution in [3.63, 3.8) is 0 Å². The first-order chi connectivity index (χ1) is 9.08. The summed E-state index contributed by atoms with van der Waals surface area (Å²) in [5.74, 6) is -1.08. The molecule has 0 spiro atoms. The fourth-order valence-corrected chi connectivity index (χ4v) is 2.51. The predicted molar refractivity (Wildman–Crippen MR) is 74.0 cm³/mol. The molecule has 6 heteroatoms. The van der Waals surface area contributed by atoms with Crippen molar-refractivity contribution in [1.82, 2.24) is 4.90 Å². The number of aliphatic hydroxyl groups is 1. The third kappa shape index (κ3) is 3.84. The maximum absolute atomic E-state index is 13.1. The van der Waals surface area contributed by atoms with Crippen LogP contribution in [0.4, 0.5) is 14.5 Å². The van der Waals surface area contributed by atoms with Crippen molar-refractivity contribution in [1.29, 1.82) is 0 Å². The van der Waals surface area contributed by atoms with Crippen LogP contribution in [0.25, 0.3) is 0 Å². The highest BCUT2D eigenvalue weighted by Gasteiger charge is 2.21. The highest BCUT2D eigenvalue weighted by molar-refractivity contribution is 7.80. The van der Waals surface area contributed by atoms with Crippen LogP contribution in [-0.4, -0.2) is 34.8 Å². The predicted octanol–water partition coefficient (Wildman–Crippen LogP) is 2.37. The molecule has 1 fully saturated rings. The number of anilines is 1. The first-order valence-corrected chi connectivity index (χ1v) is 6.62. The standard InChI is InChI=1S/C13H16F2N2OS/c14-10-4-11(15)6-12(5-10)16-13(19)17-3-1-2-9(7-17)8-18/h4-6,9,18H,1-3,7-8H2,(H,16,19)/t9-/m1/s1. The van der Waals surface area contributed by atoms with Gasteiger partial charge in [-0.3, -0.25) is 0 Å². The largest absolute Gasteiger partial charge is 0.396 e. The molecule has 104 valence electrons. The molecule has 0 amide bonds. The number of halogens is 2.